The third kappa shape index (κ3) is 5.19. The van der Waals surface area contributed by atoms with Crippen LogP contribution in [0.15, 0.2) is 17.5 Å². The first kappa shape index (κ1) is 18.2. The summed E-state index contributed by atoms with van der Waals surface area (Å²) in [6.45, 7) is 10.7. The number of thiophene rings is 1. The van der Waals surface area contributed by atoms with E-state index >= 15 is 0 Å². The predicted octanol–water partition coefficient (Wildman–Crippen LogP) is 2.69. The third-order valence-electron chi connectivity index (χ3n) is 4.18. The summed E-state index contributed by atoms with van der Waals surface area (Å²) in [5.41, 5.74) is -0.698. The van der Waals surface area contributed by atoms with Crippen molar-refractivity contribution in [2.24, 2.45) is 0 Å². The molecule has 0 bridgehead atoms. The molecule has 0 unspecified atom stereocenters. The molecule has 0 spiro atoms. The molecule has 2 atom stereocenters. The van der Waals surface area contributed by atoms with Gasteiger partial charge in [-0.25, -0.2) is 4.79 Å². The number of nitrogens with zero attached hydrogens (tertiary/aromatic N) is 2. The summed E-state index contributed by atoms with van der Waals surface area (Å²) in [5, 5.41) is 15.2. The SMILES string of the molecule is CC[C@@H](NC(=O)N1CCN(CC(C)(C)O)C[C@H]1C)c1cccs1. The van der Waals surface area contributed by atoms with Crippen LogP contribution in [0, 0.1) is 0 Å². The van der Waals surface area contributed by atoms with Crippen molar-refractivity contribution in [2.45, 2.75) is 51.8 Å². The second-order valence-corrected chi connectivity index (χ2v) is 7.99. The van der Waals surface area contributed by atoms with Crippen molar-refractivity contribution in [1.82, 2.24) is 15.1 Å². The lowest BCUT2D eigenvalue weighted by Gasteiger charge is -2.41. The van der Waals surface area contributed by atoms with Gasteiger partial charge in [0.15, 0.2) is 0 Å². The summed E-state index contributed by atoms with van der Waals surface area (Å²) in [7, 11) is 0. The van der Waals surface area contributed by atoms with E-state index in [9.17, 15) is 9.90 Å². The number of hydrogen-bond donors (Lipinski definition) is 2. The lowest BCUT2D eigenvalue weighted by molar-refractivity contribution is 0.0117. The van der Waals surface area contributed by atoms with Gasteiger partial charge in [-0.05, 0) is 38.6 Å². The van der Waals surface area contributed by atoms with Crippen LogP contribution in [0.2, 0.25) is 0 Å². The lowest BCUT2D eigenvalue weighted by Crippen LogP contribution is -2.58. The third-order valence-corrected chi connectivity index (χ3v) is 5.16. The highest BCUT2D eigenvalue weighted by Crippen LogP contribution is 2.22. The van der Waals surface area contributed by atoms with Crippen LogP contribution < -0.4 is 5.32 Å². The molecule has 2 amide bonds. The Labute approximate surface area is 143 Å². The quantitative estimate of drug-likeness (QED) is 0.867. The van der Waals surface area contributed by atoms with Crippen LogP contribution >= 0.6 is 11.3 Å². The zero-order valence-corrected chi connectivity index (χ0v) is 15.4. The predicted molar refractivity (Wildman–Crippen MR) is 94.8 cm³/mol. The van der Waals surface area contributed by atoms with Crippen LogP contribution in [0.3, 0.4) is 0 Å². The number of carbonyl (C=O) groups excluding carboxylic acids is 1. The van der Waals surface area contributed by atoms with Crippen molar-refractivity contribution in [3.05, 3.63) is 22.4 Å². The van der Waals surface area contributed by atoms with Gasteiger partial charge in [0, 0.05) is 37.1 Å². The van der Waals surface area contributed by atoms with Gasteiger partial charge >= 0.3 is 6.03 Å². The van der Waals surface area contributed by atoms with E-state index in [0.29, 0.717) is 13.1 Å². The number of piperazine rings is 1. The number of rotatable bonds is 5. The molecule has 0 aliphatic carbocycles. The summed E-state index contributed by atoms with van der Waals surface area (Å²) in [6.07, 6.45) is 0.888. The van der Waals surface area contributed by atoms with Gasteiger partial charge in [-0.1, -0.05) is 13.0 Å². The Bertz CT molecular complexity index is 498. The van der Waals surface area contributed by atoms with Gasteiger partial charge in [0.25, 0.3) is 0 Å². The molecule has 1 saturated heterocycles. The topological polar surface area (TPSA) is 55.8 Å². The van der Waals surface area contributed by atoms with Crippen molar-refractivity contribution in [3.8, 4) is 0 Å². The Hall–Kier alpha value is -1.11. The van der Waals surface area contributed by atoms with E-state index in [1.54, 1.807) is 11.3 Å². The monoisotopic (exact) mass is 339 g/mol. The molecule has 130 valence electrons. The van der Waals surface area contributed by atoms with Gasteiger partial charge in [0.05, 0.1) is 11.6 Å². The number of hydrogen-bond acceptors (Lipinski definition) is 4. The molecule has 2 N–H and O–H groups in total. The van der Waals surface area contributed by atoms with E-state index in [0.717, 1.165) is 19.5 Å². The molecule has 5 nitrogen and oxygen atoms in total. The minimum atomic E-state index is -0.698. The fraction of sp³-hybridized carbons (Fsp3) is 0.706. The standard InChI is InChI=1S/C17H29N3O2S/c1-5-14(15-7-6-10-23-15)18-16(21)20-9-8-19(11-13(20)2)12-17(3,4)22/h6-7,10,13-14,22H,5,8-9,11-12H2,1-4H3,(H,18,21)/t13-,14-/m1/s1. The zero-order valence-electron chi connectivity index (χ0n) is 14.6. The number of amides is 2. The number of β-amino-alcohol motifs (C(OH)–C–C–N with tert-alkyl or cyclic N) is 1. The smallest absolute Gasteiger partial charge is 0.318 e. The van der Waals surface area contributed by atoms with Crippen molar-refractivity contribution in [3.63, 3.8) is 0 Å². The highest BCUT2D eigenvalue weighted by atomic mass is 32.1. The Kier molecular flexibility index (Phi) is 6.06. The van der Waals surface area contributed by atoms with Crippen LogP contribution in [0.5, 0.6) is 0 Å². The van der Waals surface area contributed by atoms with E-state index in [4.69, 9.17) is 0 Å². The van der Waals surface area contributed by atoms with Crippen LogP contribution in [-0.4, -0.2) is 58.8 Å². The molecule has 1 aromatic rings. The summed E-state index contributed by atoms with van der Waals surface area (Å²) in [6, 6.07) is 4.34. The molecular formula is C17H29N3O2S. The van der Waals surface area contributed by atoms with Gasteiger partial charge in [0.2, 0.25) is 0 Å². The maximum absolute atomic E-state index is 12.6. The van der Waals surface area contributed by atoms with Crippen molar-refractivity contribution in [2.75, 3.05) is 26.2 Å². The highest BCUT2D eigenvalue weighted by molar-refractivity contribution is 7.10. The van der Waals surface area contributed by atoms with Crippen LogP contribution in [0.25, 0.3) is 0 Å². The summed E-state index contributed by atoms with van der Waals surface area (Å²) >= 11 is 1.68. The Morgan fingerprint density at radius 2 is 2.26 bits per heavy atom. The molecule has 0 radical (unpaired) electrons. The summed E-state index contributed by atoms with van der Waals surface area (Å²) in [4.78, 5) is 18.0. The number of urea groups is 1. The number of aliphatic hydroxyl groups is 1. The molecule has 1 fully saturated rings. The van der Waals surface area contributed by atoms with E-state index in [2.05, 4.69) is 30.1 Å². The normalized spacial score (nSPS) is 21.3. The Morgan fingerprint density at radius 1 is 1.52 bits per heavy atom. The number of nitrogens with one attached hydrogen (secondary N) is 1. The van der Waals surface area contributed by atoms with E-state index < -0.39 is 5.60 Å². The molecule has 2 rings (SSSR count). The molecule has 0 saturated carbocycles. The average Bonchev–Trinajstić information content (AvgIpc) is 2.96. The molecule has 6 heteroatoms. The Morgan fingerprint density at radius 3 is 2.78 bits per heavy atom. The van der Waals surface area contributed by atoms with Gasteiger partial charge in [0.1, 0.15) is 0 Å². The molecule has 1 aliphatic rings. The Balaban J connectivity index is 1.91. The fourth-order valence-corrected chi connectivity index (χ4v) is 3.98. The zero-order chi connectivity index (χ0) is 17.0. The van der Waals surface area contributed by atoms with E-state index in [1.807, 2.05) is 30.2 Å². The van der Waals surface area contributed by atoms with Gasteiger partial charge in [-0.15, -0.1) is 11.3 Å². The second-order valence-electron chi connectivity index (χ2n) is 7.02. The second kappa shape index (κ2) is 7.64. The molecule has 23 heavy (non-hydrogen) atoms. The summed E-state index contributed by atoms with van der Waals surface area (Å²) in [5.74, 6) is 0. The number of carbonyl (C=O) groups is 1. The first-order chi connectivity index (χ1) is 10.8. The van der Waals surface area contributed by atoms with Crippen molar-refractivity contribution >= 4 is 17.4 Å². The molecule has 0 aromatic carbocycles. The van der Waals surface area contributed by atoms with Gasteiger partial charge < -0.3 is 15.3 Å². The van der Waals surface area contributed by atoms with Gasteiger partial charge in [-0.2, -0.15) is 0 Å². The van der Waals surface area contributed by atoms with Crippen molar-refractivity contribution in [1.29, 1.82) is 0 Å². The molecule has 1 aliphatic heterocycles. The largest absolute Gasteiger partial charge is 0.389 e. The maximum atomic E-state index is 12.6. The highest BCUT2D eigenvalue weighted by Gasteiger charge is 2.30. The maximum Gasteiger partial charge on any atom is 0.318 e. The summed E-state index contributed by atoms with van der Waals surface area (Å²) < 4.78 is 0. The molecule has 1 aromatic heterocycles. The van der Waals surface area contributed by atoms with E-state index in [1.165, 1.54) is 4.88 Å². The van der Waals surface area contributed by atoms with Crippen LogP contribution in [0.1, 0.15) is 45.0 Å². The first-order valence-corrected chi connectivity index (χ1v) is 9.23. The fourth-order valence-electron chi connectivity index (χ4n) is 3.12. The minimum Gasteiger partial charge on any atom is -0.389 e. The minimum absolute atomic E-state index is 0.0145. The first-order valence-electron chi connectivity index (χ1n) is 8.35. The van der Waals surface area contributed by atoms with Gasteiger partial charge in [-0.3, -0.25) is 4.90 Å². The molecular weight excluding hydrogens is 310 g/mol. The van der Waals surface area contributed by atoms with E-state index in [-0.39, 0.29) is 18.1 Å². The van der Waals surface area contributed by atoms with Crippen molar-refractivity contribution < 1.29 is 9.90 Å². The average molecular weight is 340 g/mol. The lowest BCUT2D eigenvalue weighted by atomic mass is 10.1. The molecule has 2 heterocycles. The van der Waals surface area contributed by atoms with Crippen LogP contribution in [0.4, 0.5) is 4.79 Å². The van der Waals surface area contributed by atoms with Crippen LogP contribution in [-0.2, 0) is 0 Å².